The number of carbonyl (C=O) groups is 2. The van der Waals surface area contributed by atoms with Gasteiger partial charge in [0, 0.05) is 11.4 Å². The number of esters is 1. The molecule has 0 aromatic heterocycles. The minimum absolute atomic E-state index is 0.0566. The second-order valence-corrected chi connectivity index (χ2v) is 6.73. The molecule has 1 aliphatic carbocycles. The molecule has 23 heavy (non-hydrogen) atoms. The Hall–Kier alpha value is -1.55. The summed E-state index contributed by atoms with van der Waals surface area (Å²) >= 11 is 5.98. The van der Waals surface area contributed by atoms with Gasteiger partial charge >= 0.3 is 5.97 Å². The van der Waals surface area contributed by atoms with Crippen LogP contribution >= 0.6 is 11.6 Å². The topological polar surface area (TPSA) is 46.6 Å². The number of carbonyl (C=O) groups excluding carboxylic acids is 2. The van der Waals surface area contributed by atoms with Gasteiger partial charge in [0.15, 0.2) is 0 Å². The molecule has 1 amide bonds. The van der Waals surface area contributed by atoms with Gasteiger partial charge in [-0.3, -0.25) is 4.79 Å². The normalized spacial score (nSPS) is 22.8. The zero-order valence-electron chi connectivity index (χ0n) is 13.3. The van der Waals surface area contributed by atoms with Crippen LogP contribution in [0.25, 0.3) is 0 Å². The zero-order valence-corrected chi connectivity index (χ0v) is 14.1. The molecule has 4 nitrogen and oxygen atoms in total. The van der Waals surface area contributed by atoms with Crippen LogP contribution < -0.4 is 0 Å². The molecule has 1 heterocycles. The predicted octanol–water partition coefficient (Wildman–Crippen LogP) is 3.74. The lowest BCUT2D eigenvalue weighted by Gasteiger charge is -2.40. The van der Waals surface area contributed by atoms with Crippen LogP contribution in [0.1, 0.15) is 50.6 Å². The van der Waals surface area contributed by atoms with Gasteiger partial charge in [-0.25, -0.2) is 4.79 Å². The SMILES string of the molecule is CCOC(=O)C(C1CC1)N1C(=O)CCCC1c1ccc(Cl)cc1. The average molecular weight is 336 g/mol. The van der Waals surface area contributed by atoms with E-state index < -0.39 is 6.04 Å². The predicted molar refractivity (Wildman–Crippen MR) is 88.0 cm³/mol. The summed E-state index contributed by atoms with van der Waals surface area (Å²) in [6.45, 7) is 2.15. The van der Waals surface area contributed by atoms with Crippen LogP contribution in [0.4, 0.5) is 0 Å². The molecule has 1 aromatic rings. The number of hydrogen-bond acceptors (Lipinski definition) is 3. The van der Waals surface area contributed by atoms with Crippen LogP contribution in [0.5, 0.6) is 0 Å². The largest absolute Gasteiger partial charge is 0.464 e. The Morgan fingerprint density at radius 3 is 2.61 bits per heavy atom. The molecule has 1 aliphatic heterocycles. The average Bonchev–Trinajstić information content (AvgIpc) is 3.35. The van der Waals surface area contributed by atoms with Gasteiger partial charge in [0.1, 0.15) is 6.04 Å². The van der Waals surface area contributed by atoms with Crippen LogP contribution in [-0.2, 0) is 14.3 Å². The maximum Gasteiger partial charge on any atom is 0.329 e. The molecule has 1 saturated carbocycles. The van der Waals surface area contributed by atoms with Crippen molar-refractivity contribution in [2.24, 2.45) is 5.92 Å². The Bertz CT molecular complexity index is 582. The van der Waals surface area contributed by atoms with Gasteiger partial charge in [-0.05, 0) is 56.2 Å². The first kappa shape index (κ1) is 16.3. The van der Waals surface area contributed by atoms with Gasteiger partial charge in [-0.1, -0.05) is 23.7 Å². The molecule has 1 saturated heterocycles. The van der Waals surface area contributed by atoms with Crippen molar-refractivity contribution >= 4 is 23.5 Å². The zero-order chi connectivity index (χ0) is 16.4. The minimum Gasteiger partial charge on any atom is -0.464 e. The highest BCUT2D eigenvalue weighted by Gasteiger charge is 2.46. The number of benzene rings is 1. The first-order valence-corrected chi connectivity index (χ1v) is 8.73. The van der Waals surface area contributed by atoms with Gasteiger partial charge in [0.25, 0.3) is 0 Å². The Morgan fingerprint density at radius 2 is 2.00 bits per heavy atom. The van der Waals surface area contributed by atoms with Crippen molar-refractivity contribution in [1.82, 2.24) is 4.90 Å². The molecule has 2 atom stereocenters. The molecule has 124 valence electrons. The number of halogens is 1. The minimum atomic E-state index is -0.441. The molecule has 3 rings (SSSR count). The molecule has 0 spiro atoms. The van der Waals surface area contributed by atoms with E-state index in [4.69, 9.17) is 16.3 Å². The number of piperidine rings is 1. The lowest BCUT2D eigenvalue weighted by molar-refractivity contribution is -0.160. The highest BCUT2D eigenvalue weighted by Crippen LogP contribution is 2.42. The number of likely N-dealkylation sites (tertiary alicyclic amines) is 1. The fourth-order valence-electron chi connectivity index (χ4n) is 3.42. The Morgan fingerprint density at radius 1 is 1.30 bits per heavy atom. The van der Waals surface area contributed by atoms with Crippen LogP contribution in [-0.4, -0.2) is 29.4 Å². The molecule has 2 aliphatic rings. The molecule has 1 aromatic carbocycles. The summed E-state index contributed by atoms with van der Waals surface area (Å²) < 4.78 is 5.26. The third-order valence-corrected chi connectivity index (χ3v) is 4.90. The van der Waals surface area contributed by atoms with Crippen molar-refractivity contribution in [1.29, 1.82) is 0 Å². The monoisotopic (exact) mass is 335 g/mol. The van der Waals surface area contributed by atoms with Gasteiger partial charge in [-0.15, -0.1) is 0 Å². The molecular weight excluding hydrogens is 314 g/mol. The Kier molecular flexibility index (Phi) is 4.90. The van der Waals surface area contributed by atoms with Crippen molar-refractivity contribution < 1.29 is 14.3 Å². The fraction of sp³-hybridized carbons (Fsp3) is 0.556. The standard InChI is InChI=1S/C18H22ClNO3/c1-2-23-18(22)17(13-6-7-13)20-15(4-3-5-16(20)21)12-8-10-14(19)11-9-12/h8-11,13,15,17H,2-7H2,1H3. The number of ether oxygens (including phenoxy) is 1. The van der Waals surface area contributed by atoms with Crippen molar-refractivity contribution in [3.8, 4) is 0 Å². The van der Waals surface area contributed by atoms with Gasteiger partial charge in [-0.2, -0.15) is 0 Å². The first-order chi connectivity index (χ1) is 11.1. The number of hydrogen-bond donors (Lipinski definition) is 0. The van der Waals surface area contributed by atoms with Crippen LogP contribution in [0, 0.1) is 5.92 Å². The maximum absolute atomic E-state index is 12.6. The summed E-state index contributed by atoms with van der Waals surface area (Å²) in [6, 6.07) is 7.07. The smallest absolute Gasteiger partial charge is 0.329 e. The summed E-state index contributed by atoms with van der Waals surface area (Å²) in [7, 11) is 0. The Balaban J connectivity index is 1.91. The number of amides is 1. The third-order valence-electron chi connectivity index (χ3n) is 4.64. The van der Waals surface area contributed by atoms with E-state index in [9.17, 15) is 9.59 Å². The summed E-state index contributed by atoms with van der Waals surface area (Å²) in [6.07, 6.45) is 4.20. The molecule has 0 bridgehead atoms. The molecule has 0 N–H and O–H groups in total. The van der Waals surface area contributed by atoms with Crippen molar-refractivity contribution in [2.75, 3.05) is 6.61 Å². The van der Waals surface area contributed by atoms with E-state index in [0.717, 1.165) is 31.2 Å². The third kappa shape index (κ3) is 3.52. The molecular formula is C18H22ClNO3. The first-order valence-electron chi connectivity index (χ1n) is 8.35. The quantitative estimate of drug-likeness (QED) is 0.770. The Labute approximate surface area is 141 Å². The lowest BCUT2D eigenvalue weighted by Crippen LogP contribution is -2.50. The lowest BCUT2D eigenvalue weighted by atomic mass is 9.92. The van der Waals surface area contributed by atoms with Crippen LogP contribution in [0.15, 0.2) is 24.3 Å². The summed E-state index contributed by atoms with van der Waals surface area (Å²) in [5.41, 5.74) is 1.04. The summed E-state index contributed by atoms with van der Waals surface area (Å²) in [4.78, 5) is 26.9. The highest BCUT2D eigenvalue weighted by atomic mass is 35.5. The molecule has 2 unspecified atom stereocenters. The van der Waals surface area contributed by atoms with E-state index in [0.29, 0.717) is 18.1 Å². The highest BCUT2D eigenvalue weighted by molar-refractivity contribution is 6.30. The van der Waals surface area contributed by atoms with Gasteiger partial charge < -0.3 is 9.64 Å². The van der Waals surface area contributed by atoms with E-state index in [1.165, 1.54) is 0 Å². The molecule has 5 heteroatoms. The van der Waals surface area contributed by atoms with Crippen molar-refractivity contribution in [3.63, 3.8) is 0 Å². The van der Waals surface area contributed by atoms with E-state index >= 15 is 0 Å². The second-order valence-electron chi connectivity index (χ2n) is 6.29. The van der Waals surface area contributed by atoms with E-state index in [2.05, 4.69) is 0 Å². The van der Waals surface area contributed by atoms with Crippen molar-refractivity contribution in [2.45, 2.75) is 51.1 Å². The van der Waals surface area contributed by atoms with Gasteiger partial charge in [0.05, 0.1) is 12.6 Å². The molecule has 2 fully saturated rings. The summed E-state index contributed by atoms with van der Waals surface area (Å²) in [5, 5.41) is 0.673. The van der Waals surface area contributed by atoms with Gasteiger partial charge in [0.2, 0.25) is 5.91 Å². The fourth-order valence-corrected chi connectivity index (χ4v) is 3.55. The summed E-state index contributed by atoms with van der Waals surface area (Å²) in [5.74, 6) is 0.0382. The van der Waals surface area contributed by atoms with E-state index in [1.807, 2.05) is 24.3 Å². The van der Waals surface area contributed by atoms with E-state index in [1.54, 1.807) is 11.8 Å². The number of nitrogens with zero attached hydrogens (tertiary/aromatic N) is 1. The van der Waals surface area contributed by atoms with Crippen molar-refractivity contribution in [3.05, 3.63) is 34.9 Å². The van der Waals surface area contributed by atoms with E-state index in [-0.39, 0.29) is 23.8 Å². The maximum atomic E-state index is 12.6. The second kappa shape index (κ2) is 6.91. The number of rotatable bonds is 5. The van der Waals surface area contributed by atoms with Crippen LogP contribution in [0.2, 0.25) is 5.02 Å². The molecule has 0 radical (unpaired) electrons. The van der Waals surface area contributed by atoms with Crippen LogP contribution in [0.3, 0.4) is 0 Å².